The van der Waals surface area contributed by atoms with Gasteiger partial charge in [0.05, 0.1) is 12.6 Å². The van der Waals surface area contributed by atoms with Crippen LogP contribution in [0.25, 0.3) is 11.4 Å². The number of nitrogens with zero attached hydrogens (tertiary/aromatic N) is 6. The number of carbonyl (C=O) groups is 1. The third-order valence-corrected chi connectivity index (χ3v) is 5.17. The molecule has 0 bridgehead atoms. The highest BCUT2D eigenvalue weighted by atomic mass is 16.2. The molecule has 4 rings (SSSR count). The average Bonchev–Trinajstić information content (AvgIpc) is 3.37. The Morgan fingerprint density at radius 3 is 2.71 bits per heavy atom. The van der Waals surface area contributed by atoms with Gasteiger partial charge in [0.1, 0.15) is 0 Å². The summed E-state index contributed by atoms with van der Waals surface area (Å²) >= 11 is 0. The lowest BCUT2D eigenvalue weighted by Crippen LogP contribution is -2.44. The fraction of sp³-hybridized carbons (Fsp3) is 0.429. The zero-order valence-electron chi connectivity index (χ0n) is 16.4. The van der Waals surface area contributed by atoms with Gasteiger partial charge < -0.3 is 4.90 Å². The molecule has 1 amide bonds. The minimum absolute atomic E-state index is 0.0454. The highest BCUT2D eigenvalue weighted by Gasteiger charge is 2.35. The number of hydrogen-bond acceptors (Lipinski definition) is 4. The number of carbonyl (C=O) groups excluding carboxylic acids is 1. The average molecular weight is 378 g/mol. The third kappa shape index (κ3) is 3.69. The molecule has 7 heteroatoms. The second kappa shape index (κ2) is 7.96. The molecule has 146 valence electrons. The van der Waals surface area contributed by atoms with Crippen LogP contribution in [0.5, 0.6) is 0 Å². The first kappa shape index (κ1) is 18.4. The molecule has 3 aromatic rings. The van der Waals surface area contributed by atoms with E-state index in [0.29, 0.717) is 19.5 Å². The summed E-state index contributed by atoms with van der Waals surface area (Å²) in [7, 11) is 0. The number of fused-ring (bicyclic) bond motifs is 1. The van der Waals surface area contributed by atoms with Crippen LogP contribution in [0.2, 0.25) is 0 Å². The van der Waals surface area contributed by atoms with Crippen LogP contribution in [0.3, 0.4) is 0 Å². The number of aryl methyl sites for hydroxylation is 1. The maximum atomic E-state index is 13.0. The molecule has 1 aromatic carbocycles. The summed E-state index contributed by atoms with van der Waals surface area (Å²) in [4.78, 5) is 19.8. The molecule has 3 heterocycles. The van der Waals surface area contributed by atoms with Crippen LogP contribution >= 0.6 is 0 Å². The monoisotopic (exact) mass is 378 g/mol. The Kier molecular flexibility index (Phi) is 5.23. The third-order valence-electron chi connectivity index (χ3n) is 5.17. The van der Waals surface area contributed by atoms with Crippen LogP contribution in [-0.4, -0.2) is 41.9 Å². The second-order valence-corrected chi connectivity index (χ2v) is 7.53. The van der Waals surface area contributed by atoms with E-state index in [2.05, 4.69) is 18.9 Å². The van der Waals surface area contributed by atoms with Crippen LogP contribution in [0.15, 0.2) is 48.8 Å². The molecular formula is C21H26N6O. The molecule has 0 fully saturated rings. The van der Waals surface area contributed by atoms with Crippen molar-refractivity contribution in [2.45, 2.75) is 45.8 Å². The number of benzene rings is 1. The van der Waals surface area contributed by atoms with Gasteiger partial charge in [-0.1, -0.05) is 44.2 Å². The molecule has 2 aromatic heterocycles. The molecular weight excluding hydrogens is 352 g/mol. The normalized spacial score (nSPS) is 16.4. The van der Waals surface area contributed by atoms with Crippen LogP contribution in [0.4, 0.5) is 0 Å². The standard InChI is InChI=1S/C21H26N6O/c1-16(2)19-21-23-20(17-8-4-3-5-9-17)24-27(21)15-14-26(19)18(28)10-6-12-25-13-7-11-22-25/h3-5,7-9,11,13,16,19H,6,10,12,14-15H2,1-2H3/t19-/m0/s1. The molecule has 0 saturated carbocycles. The number of rotatable bonds is 6. The second-order valence-electron chi connectivity index (χ2n) is 7.53. The van der Waals surface area contributed by atoms with Gasteiger partial charge in [-0.2, -0.15) is 10.2 Å². The molecule has 7 nitrogen and oxygen atoms in total. The summed E-state index contributed by atoms with van der Waals surface area (Å²) in [5.41, 5.74) is 1.00. The van der Waals surface area contributed by atoms with Crippen molar-refractivity contribution >= 4 is 5.91 Å². The minimum atomic E-state index is -0.0454. The van der Waals surface area contributed by atoms with Crippen LogP contribution in [0.1, 0.15) is 38.6 Å². The maximum absolute atomic E-state index is 13.0. The van der Waals surface area contributed by atoms with Crippen molar-refractivity contribution in [3.63, 3.8) is 0 Å². The highest BCUT2D eigenvalue weighted by Crippen LogP contribution is 2.32. The van der Waals surface area contributed by atoms with Crippen molar-refractivity contribution in [1.29, 1.82) is 0 Å². The van der Waals surface area contributed by atoms with Crippen LogP contribution < -0.4 is 0 Å². The van der Waals surface area contributed by atoms with Gasteiger partial charge >= 0.3 is 0 Å². The zero-order chi connectivity index (χ0) is 19.5. The first-order chi connectivity index (χ1) is 13.6. The SMILES string of the molecule is CC(C)[C@H]1c2nc(-c3ccccc3)nn2CCN1C(=O)CCCn1cccn1. The fourth-order valence-electron chi connectivity index (χ4n) is 3.83. The first-order valence-electron chi connectivity index (χ1n) is 9.90. The van der Waals surface area contributed by atoms with Gasteiger partial charge in [0.25, 0.3) is 0 Å². The molecule has 1 atom stereocenters. The smallest absolute Gasteiger partial charge is 0.223 e. The number of hydrogen-bond donors (Lipinski definition) is 0. The van der Waals surface area contributed by atoms with E-state index in [9.17, 15) is 4.79 Å². The highest BCUT2D eigenvalue weighted by molar-refractivity contribution is 5.76. The lowest BCUT2D eigenvalue weighted by molar-refractivity contribution is -0.136. The Balaban J connectivity index is 1.51. The van der Waals surface area contributed by atoms with E-state index in [1.807, 2.05) is 56.9 Å². The van der Waals surface area contributed by atoms with Gasteiger partial charge in [0, 0.05) is 37.5 Å². The van der Waals surface area contributed by atoms with Gasteiger partial charge in [-0.15, -0.1) is 0 Å². The topological polar surface area (TPSA) is 68.8 Å². The maximum Gasteiger partial charge on any atom is 0.223 e. The molecule has 0 N–H and O–H groups in total. The van der Waals surface area contributed by atoms with Gasteiger partial charge in [0.15, 0.2) is 11.6 Å². The molecule has 0 aliphatic carbocycles. The van der Waals surface area contributed by atoms with Gasteiger partial charge in [-0.25, -0.2) is 9.67 Å². The van der Waals surface area contributed by atoms with E-state index in [0.717, 1.165) is 30.2 Å². The van der Waals surface area contributed by atoms with Crippen molar-refractivity contribution in [3.8, 4) is 11.4 Å². The van der Waals surface area contributed by atoms with Gasteiger partial charge in [-0.05, 0) is 18.4 Å². The van der Waals surface area contributed by atoms with E-state index in [1.165, 1.54) is 0 Å². The van der Waals surface area contributed by atoms with E-state index in [-0.39, 0.29) is 17.9 Å². The van der Waals surface area contributed by atoms with Gasteiger partial charge in [-0.3, -0.25) is 9.48 Å². The minimum Gasteiger partial charge on any atom is -0.330 e. The van der Waals surface area contributed by atoms with E-state index in [1.54, 1.807) is 6.20 Å². The summed E-state index contributed by atoms with van der Waals surface area (Å²) in [6.07, 6.45) is 4.99. The quantitative estimate of drug-likeness (QED) is 0.661. The molecule has 0 unspecified atom stereocenters. The summed E-state index contributed by atoms with van der Waals surface area (Å²) in [6.45, 7) is 6.40. The number of aromatic nitrogens is 5. The Labute approximate surface area is 165 Å². The Bertz CT molecular complexity index is 916. The van der Waals surface area contributed by atoms with Crippen molar-refractivity contribution < 1.29 is 4.79 Å². The lowest BCUT2D eigenvalue weighted by atomic mass is 9.99. The summed E-state index contributed by atoms with van der Waals surface area (Å²) < 4.78 is 3.84. The summed E-state index contributed by atoms with van der Waals surface area (Å²) in [5.74, 6) is 2.07. The summed E-state index contributed by atoms with van der Waals surface area (Å²) in [6, 6.07) is 11.9. The van der Waals surface area contributed by atoms with E-state index < -0.39 is 0 Å². The molecule has 0 spiro atoms. The molecule has 28 heavy (non-hydrogen) atoms. The molecule has 1 aliphatic rings. The van der Waals surface area contributed by atoms with Gasteiger partial charge in [0.2, 0.25) is 5.91 Å². The Hall–Kier alpha value is -2.96. The van der Waals surface area contributed by atoms with Crippen molar-refractivity contribution in [3.05, 3.63) is 54.6 Å². The molecule has 0 radical (unpaired) electrons. The van der Waals surface area contributed by atoms with Crippen LogP contribution in [-0.2, 0) is 17.9 Å². The largest absolute Gasteiger partial charge is 0.330 e. The predicted molar refractivity (Wildman–Crippen MR) is 106 cm³/mol. The van der Waals surface area contributed by atoms with Crippen LogP contribution in [0, 0.1) is 5.92 Å². The fourth-order valence-corrected chi connectivity index (χ4v) is 3.83. The van der Waals surface area contributed by atoms with E-state index in [4.69, 9.17) is 10.1 Å². The summed E-state index contributed by atoms with van der Waals surface area (Å²) in [5, 5.41) is 8.90. The predicted octanol–water partition coefficient (Wildman–Crippen LogP) is 3.16. The molecule has 1 aliphatic heterocycles. The molecule has 0 saturated heterocycles. The Morgan fingerprint density at radius 1 is 1.18 bits per heavy atom. The Morgan fingerprint density at radius 2 is 2.00 bits per heavy atom. The van der Waals surface area contributed by atoms with Crippen molar-refractivity contribution in [2.75, 3.05) is 6.54 Å². The number of amides is 1. The van der Waals surface area contributed by atoms with Crippen molar-refractivity contribution in [1.82, 2.24) is 29.4 Å². The first-order valence-corrected chi connectivity index (χ1v) is 9.90. The zero-order valence-corrected chi connectivity index (χ0v) is 16.4. The van der Waals surface area contributed by atoms with E-state index >= 15 is 0 Å². The van der Waals surface area contributed by atoms with Crippen molar-refractivity contribution in [2.24, 2.45) is 5.92 Å². The lowest BCUT2D eigenvalue weighted by Gasteiger charge is -2.37.